The van der Waals surface area contributed by atoms with Crippen LogP contribution in [-0.2, 0) is 0 Å². The van der Waals surface area contributed by atoms with Gasteiger partial charge in [0.1, 0.15) is 11.5 Å². The van der Waals surface area contributed by atoms with Crippen LogP contribution in [-0.4, -0.2) is 0 Å². The Bertz CT molecular complexity index is 428. The molecule has 2 heteroatoms. The van der Waals surface area contributed by atoms with Crippen molar-refractivity contribution in [3.63, 3.8) is 0 Å². The lowest BCUT2D eigenvalue weighted by Gasteiger charge is -2.16. The monoisotopic (exact) mass is 233 g/mol. The lowest BCUT2D eigenvalue weighted by molar-refractivity contribution is 0.497. The molecule has 0 spiro atoms. The molecule has 1 aliphatic carbocycles. The molecular weight excluding hydrogens is 210 g/mol. The Morgan fingerprint density at radius 3 is 2.53 bits per heavy atom. The maximum atomic E-state index is 6.43. The lowest BCUT2D eigenvalue weighted by atomic mass is 9.93. The highest BCUT2D eigenvalue weighted by Crippen LogP contribution is 2.33. The van der Waals surface area contributed by atoms with Crippen LogP contribution in [0.15, 0.2) is 16.1 Å². The number of nitrogens with two attached hydrogens (primary N) is 1. The molecule has 0 saturated heterocycles. The molecule has 0 aliphatic heterocycles. The molecule has 1 aliphatic rings. The molecule has 2 nitrogen and oxygen atoms in total. The van der Waals surface area contributed by atoms with Crippen molar-refractivity contribution in [3.05, 3.63) is 34.3 Å². The molecule has 0 radical (unpaired) electrons. The Hall–Kier alpha value is -1.02. The van der Waals surface area contributed by atoms with E-state index in [1.807, 2.05) is 13.8 Å². The van der Waals surface area contributed by atoms with Crippen LogP contribution in [0.2, 0.25) is 0 Å². The first-order valence-corrected chi connectivity index (χ1v) is 6.62. The summed E-state index contributed by atoms with van der Waals surface area (Å²) in [7, 11) is 0. The van der Waals surface area contributed by atoms with Gasteiger partial charge in [0, 0.05) is 5.56 Å². The molecule has 2 rings (SSSR count). The minimum Gasteiger partial charge on any atom is -0.466 e. The van der Waals surface area contributed by atoms with Gasteiger partial charge in [0.2, 0.25) is 0 Å². The van der Waals surface area contributed by atoms with Crippen molar-refractivity contribution in [2.75, 3.05) is 0 Å². The van der Waals surface area contributed by atoms with Crippen LogP contribution in [0.4, 0.5) is 0 Å². The maximum Gasteiger partial charge on any atom is 0.106 e. The molecule has 0 saturated carbocycles. The van der Waals surface area contributed by atoms with E-state index >= 15 is 0 Å². The Labute approximate surface area is 104 Å². The van der Waals surface area contributed by atoms with E-state index in [0.717, 1.165) is 17.9 Å². The summed E-state index contributed by atoms with van der Waals surface area (Å²) in [5.74, 6) is 1.99. The van der Waals surface area contributed by atoms with Crippen LogP contribution in [0.25, 0.3) is 0 Å². The second kappa shape index (κ2) is 5.09. The van der Waals surface area contributed by atoms with Crippen molar-refractivity contribution in [1.82, 2.24) is 0 Å². The van der Waals surface area contributed by atoms with Crippen molar-refractivity contribution in [2.24, 2.45) is 5.73 Å². The van der Waals surface area contributed by atoms with Crippen LogP contribution < -0.4 is 5.73 Å². The molecule has 1 unspecified atom stereocenters. The summed E-state index contributed by atoms with van der Waals surface area (Å²) >= 11 is 0. The van der Waals surface area contributed by atoms with Gasteiger partial charge in [0.05, 0.1) is 6.04 Å². The molecule has 0 fully saturated rings. The van der Waals surface area contributed by atoms with Crippen LogP contribution in [0.3, 0.4) is 0 Å². The lowest BCUT2D eigenvalue weighted by Crippen LogP contribution is -2.14. The Balaban J connectivity index is 2.29. The summed E-state index contributed by atoms with van der Waals surface area (Å²) in [6.45, 7) is 6.14. The quantitative estimate of drug-likeness (QED) is 0.781. The molecule has 0 bridgehead atoms. The van der Waals surface area contributed by atoms with Gasteiger partial charge in [0.25, 0.3) is 0 Å². The van der Waals surface area contributed by atoms with E-state index in [0.29, 0.717) is 0 Å². The summed E-state index contributed by atoms with van der Waals surface area (Å²) in [5.41, 5.74) is 10.3. The largest absolute Gasteiger partial charge is 0.466 e. The number of furan rings is 1. The van der Waals surface area contributed by atoms with Crippen molar-refractivity contribution in [1.29, 1.82) is 0 Å². The first-order chi connectivity index (χ1) is 8.11. The van der Waals surface area contributed by atoms with Gasteiger partial charge in [-0.05, 0) is 52.0 Å². The van der Waals surface area contributed by atoms with Crippen LogP contribution in [0.1, 0.15) is 60.8 Å². The average molecular weight is 233 g/mol. The number of aryl methyl sites for hydroxylation is 2. The zero-order chi connectivity index (χ0) is 12.4. The SMILES string of the molecule is Cc1oc(C)c(C(N)C2=CCCCCC2)c1C. The first-order valence-electron chi connectivity index (χ1n) is 6.62. The molecular formula is C15H23NO. The molecule has 2 N–H and O–H groups in total. The number of allylic oxidation sites excluding steroid dienone is 1. The smallest absolute Gasteiger partial charge is 0.106 e. The summed E-state index contributed by atoms with van der Waals surface area (Å²) in [4.78, 5) is 0. The summed E-state index contributed by atoms with van der Waals surface area (Å²) in [6, 6.07) is 0.0329. The van der Waals surface area contributed by atoms with E-state index < -0.39 is 0 Å². The van der Waals surface area contributed by atoms with Gasteiger partial charge in [0.15, 0.2) is 0 Å². The summed E-state index contributed by atoms with van der Waals surface area (Å²) < 4.78 is 5.68. The zero-order valence-corrected chi connectivity index (χ0v) is 11.2. The Morgan fingerprint density at radius 2 is 1.88 bits per heavy atom. The molecule has 1 heterocycles. The van der Waals surface area contributed by atoms with Crippen LogP contribution in [0, 0.1) is 20.8 Å². The number of hydrogen-bond acceptors (Lipinski definition) is 2. The minimum atomic E-state index is 0.0329. The third kappa shape index (κ3) is 2.47. The number of hydrogen-bond donors (Lipinski definition) is 1. The number of rotatable bonds is 2. The maximum absolute atomic E-state index is 6.43. The second-order valence-corrected chi connectivity index (χ2v) is 5.11. The topological polar surface area (TPSA) is 39.2 Å². The van der Waals surface area contributed by atoms with Gasteiger partial charge in [-0.15, -0.1) is 0 Å². The van der Waals surface area contributed by atoms with Gasteiger partial charge in [-0.2, -0.15) is 0 Å². The summed E-state index contributed by atoms with van der Waals surface area (Å²) in [6.07, 6.45) is 8.57. The van der Waals surface area contributed by atoms with E-state index in [1.54, 1.807) is 0 Å². The van der Waals surface area contributed by atoms with Crippen molar-refractivity contribution in [2.45, 2.75) is 58.9 Å². The Kier molecular flexibility index (Phi) is 3.72. The van der Waals surface area contributed by atoms with E-state index in [2.05, 4.69) is 13.0 Å². The molecule has 1 atom stereocenters. The van der Waals surface area contributed by atoms with Crippen LogP contribution in [0.5, 0.6) is 0 Å². The van der Waals surface area contributed by atoms with Gasteiger partial charge in [-0.25, -0.2) is 0 Å². The van der Waals surface area contributed by atoms with Gasteiger partial charge >= 0.3 is 0 Å². The van der Waals surface area contributed by atoms with Crippen molar-refractivity contribution < 1.29 is 4.42 Å². The third-order valence-electron chi connectivity index (χ3n) is 3.90. The average Bonchev–Trinajstić information content (AvgIpc) is 2.52. The van der Waals surface area contributed by atoms with Gasteiger partial charge in [-0.3, -0.25) is 0 Å². The highest BCUT2D eigenvalue weighted by Gasteiger charge is 2.21. The van der Waals surface area contributed by atoms with E-state index in [4.69, 9.17) is 10.2 Å². The van der Waals surface area contributed by atoms with Gasteiger partial charge in [-0.1, -0.05) is 18.1 Å². The molecule has 94 valence electrons. The van der Waals surface area contributed by atoms with Gasteiger partial charge < -0.3 is 10.2 Å². The van der Waals surface area contributed by atoms with E-state index in [-0.39, 0.29) is 6.04 Å². The minimum absolute atomic E-state index is 0.0329. The fraction of sp³-hybridized carbons (Fsp3) is 0.600. The first kappa shape index (κ1) is 12.4. The van der Waals surface area contributed by atoms with Crippen LogP contribution >= 0.6 is 0 Å². The Morgan fingerprint density at radius 1 is 1.12 bits per heavy atom. The third-order valence-corrected chi connectivity index (χ3v) is 3.90. The predicted molar refractivity (Wildman–Crippen MR) is 71.0 cm³/mol. The second-order valence-electron chi connectivity index (χ2n) is 5.11. The van der Waals surface area contributed by atoms with Crippen molar-refractivity contribution >= 4 is 0 Å². The normalized spacial score (nSPS) is 18.7. The highest BCUT2D eigenvalue weighted by molar-refractivity contribution is 5.38. The van der Waals surface area contributed by atoms with Crippen molar-refractivity contribution in [3.8, 4) is 0 Å². The molecule has 17 heavy (non-hydrogen) atoms. The standard InChI is InChI=1S/C15H23NO/c1-10-11(2)17-12(3)14(10)15(16)13-8-6-4-5-7-9-13/h8,15H,4-7,9,16H2,1-3H3. The van der Waals surface area contributed by atoms with E-state index in [9.17, 15) is 0 Å². The zero-order valence-electron chi connectivity index (χ0n) is 11.2. The molecule has 1 aromatic rings. The highest BCUT2D eigenvalue weighted by atomic mass is 16.3. The fourth-order valence-electron chi connectivity index (χ4n) is 2.77. The molecule has 0 amide bonds. The predicted octanol–water partition coefficient (Wildman–Crippen LogP) is 4.10. The fourth-order valence-corrected chi connectivity index (χ4v) is 2.77. The van der Waals surface area contributed by atoms with E-state index in [1.165, 1.54) is 42.4 Å². The summed E-state index contributed by atoms with van der Waals surface area (Å²) in [5, 5.41) is 0. The molecule has 1 aromatic heterocycles. The molecule has 0 aromatic carbocycles.